The van der Waals surface area contributed by atoms with Gasteiger partial charge in [0.25, 0.3) is 0 Å². The molecule has 0 aliphatic rings. The predicted octanol–water partition coefficient (Wildman–Crippen LogP) is 5.84. The van der Waals surface area contributed by atoms with Gasteiger partial charge in [-0.1, -0.05) is 72.8 Å². The Morgan fingerprint density at radius 2 is 0.821 bits per heavy atom. The maximum absolute atomic E-state index is 12.0. The van der Waals surface area contributed by atoms with Gasteiger partial charge < -0.3 is 4.98 Å². The van der Waals surface area contributed by atoms with Gasteiger partial charge in [0.2, 0.25) is 9.84 Å². The van der Waals surface area contributed by atoms with E-state index in [0.29, 0.717) is 9.79 Å². The Bertz CT molecular complexity index is 1210. The highest BCUT2D eigenvalue weighted by Crippen LogP contribution is 2.24. The van der Waals surface area contributed by atoms with Gasteiger partial charge >= 0.3 is 0 Å². The summed E-state index contributed by atoms with van der Waals surface area (Å²) in [6.07, 6.45) is 0. The predicted molar refractivity (Wildman–Crippen MR) is 114 cm³/mol. The van der Waals surface area contributed by atoms with Gasteiger partial charge in [-0.2, -0.15) is 0 Å². The summed E-state index contributed by atoms with van der Waals surface area (Å²) in [7, 11) is -3.34. The van der Waals surface area contributed by atoms with Crippen LogP contribution in [0.5, 0.6) is 0 Å². The number of sulfone groups is 1. The fourth-order valence-electron chi connectivity index (χ4n) is 3.13. The van der Waals surface area contributed by atoms with E-state index in [0.717, 1.165) is 0 Å². The lowest BCUT2D eigenvalue weighted by Gasteiger charge is -2.03. The minimum absolute atomic E-state index is 0.330. The maximum atomic E-state index is 12.0. The number of hydrogen-bond donors (Lipinski definition) is 1. The largest absolute Gasteiger partial charge is 0.355 e. The molecule has 0 fully saturated rings. The van der Waals surface area contributed by atoms with Crippen molar-refractivity contribution in [3.05, 3.63) is 109 Å². The first-order chi connectivity index (χ1) is 13.7. The molecular formula is C24H19NO2S. The van der Waals surface area contributed by atoms with E-state index in [4.69, 9.17) is 0 Å². The maximum Gasteiger partial charge on any atom is 0.206 e. The molecule has 4 aromatic carbocycles. The van der Waals surface area contributed by atoms with Gasteiger partial charge in [-0.3, -0.25) is 0 Å². The molecule has 138 valence electrons. The number of aromatic amines is 1. The number of fused-ring (bicyclic) bond motifs is 3. The quantitative estimate of drug-likeness (QED) is 0.415. The van der Waals surface area contributed by atoms with Crippen LogP contribution in [-0.4, -0.2) is 13.4 Å². The lowest BCUT2D eigenvalue weighted by molar-refractivity contribution is 0.596. The summed E-state index contributed by atoms with van der Waals surface area (Å²) in [5, 5.41) is 2.61. The van der Waals surface area contributed by atoms with Crippen LogP contribution >= 0.6 is 0 Å². The van der Waals surface area contributed by atoms with Crippen molar-refractivity contribution < 1.29 is 8.42 Å². The second-order valence-corrected chi connectivity index (χ2v) is 8.30. The molecule has 0 atom stereocenters. The second kappa shape index (κ2) is 7.71. The Kier molecular flexibility index (Phi) is 4.96. The molecule has 0 unspecified atom stereocenters. The van der Waals surface area contributed by atoms with Crippen LogP contribution in [0.1, 0.15) is 0 Å². The second-order valence-electron chi connectivity index (χ2n) is 6.35. The van der Waals surface area contributed by atoms with Crippen LogP contribution in [0.2, 0.25) is 0 Å². The smallest absolute Gasteiger partial charge is 0.206 e. The first-order valence-electron chi connectivity index (χ1n) is 8.97. The van der Waals surface area contributed by atoms with Gasteiger partial charge in [0.1, 0.15) is 0 Å². The highest BCUT2D eigenvalue weighted by Gasteiger charge is 2.15. The van der Waals surface area contributed by atoms with Crippen LogP contribution < -0.4 is 0 Å². The lowest BCUT2D eigenvalue weighted by Crippen LogP contribution is -2.00. The zero-order chi connectivity index (χ0) is 19.4. The third-order valence-corrected chi connectivity index (χ3v) is 6.31. The monoisotopic (exact) mass is 385 g/mol. The fraction of sp³-hybridized carbons (Fsp3) is 0. The highest BCUT2D eigenvalue weighted by atomic mass is 32.2. The Morgan fingerprint density at radius 1 is 0.464 bits per heavy atom. The third kappa shape index (κ3) is 3.55. The zero-order valence-electron chi connectivity index (χ0n) is 15.1. The summed E-state index contributed by atoms with van der Waals surface area (Å²) in [5.74, 6) is 0. The van der Waals surface area contributed by atoms with Crippen LogP contribution in [0.3, 0.4) is 0 Å². The average Bonchev–Trinajstić information content (AvgIpc) is 3.14. The Labute approximate surface area is 164 Å². The molecule has 5 rings (SSSR count). The number of H-pyrrole nitrogens is 1. The normalized spacial score (nSPS) is 11.1. The van der Waals surface area contributed by atoms with Crippen molar-refractivity contribution in [1.29, 1.82) is 0 Å². The minimum Gasteiger partial charge on any atom is -0.355 e. The molecular weight excluding hydrogens is 366 g/mol. The van der Waals surface area contributed by atoms with Crippen LogP contribution in [0.15, 0.2) is 119 Å². The van der Waals surface area contributed by atoms with Gasteiger partial charge in [0.05, 0.1) is 9.79 Å². The molecule has 0 aliphatic heterocycles. The van der Waals surface area contributed by atoms with Crippen molar-refractivity contribution in [3.8, 4) is 0 Å². The molecule has 0 spiro atoms. The molecule has 0 saturated heterocycles. The Morgan fingerprint density at radius 3 is 1.25 bits per heavy atom. The van der Waals surface area contributed by atoms with Gasteiger partial charge in [-0.25, -0.2) is 8.42 Å². The van der Waals surface area contributed by atoms with E-state index >= 15 is 0 Å². The summed E-state index contributed by atoms with van der Waals surface area (Å²) >= 11 is 0. The molecule has 1 N–H and O–H groups in total. The number of hydrogen-bond acceptors (Lipinski definition) is 2. The Balaban J connectivity index is 0.000000138. The molecule has 28 heavy (non-hydrogen) atoms. The van der Waals surface area contributed by atoms with Gasteiger partial charge in [-0.15, -0.1) is 0 Å². The van der Waals surface area contributed by atoms with E-state index in [1.165, 1.54) is 21.8 Å². The summed E-state index contributed by atoms with van der Waals surface area (Å²) < 4.78 is 24.1. The summed E-state index contributed by atoms with van der Waals surface area (Å²) in [6, 6.07) is 33.6. The van der Waals surface area contributed by atoms with E-state index in [2.05, 4.69) is 53.5 Å². The van der Waals surface area contributed by atoms with Crippen LogP contribution in [0.25, 0.3) is 21.8 Å². The Hall–Kier alpha value is -3.37. The summed E-state index contributed by atoms with van der Waals surface area (Å²) in [4.78, 5) is 4.04. The van der Waals surface area contributed by atoms with Crippen molar-refractivity contribution >= 4 is 31.6 Å². The number of para-hydroxylation sites is 2. The van der Waals surface area contributed by atoms with E-state index in [-0.39, 0.29) is 0 Å². The summed E-state index contributed by atoms with van der Waals surface area (Å²) in [6.45, 7) is 0. The van der Waals surface area contributed by atoms with Crippen molar-refractivity contribution in [3.63, 3.8) is 0 Å². The topological polar surface area (TPSA) is 49.9 Å². The molecule has 0 aliphatic carbocycles. The molecule has 0 bridgehead atoms. The summed E-state index contributed by atoms with van der Waals surface area (Å²) in [5.41, 5.74) is 2.42. The number of benzene rings is 4. The lowest BCUT2D eigenvalue weighted by atomic mass is 10.2. The molecule has 3 nitrogen and oxygen atoms in total. The van der Waals surface area contributed by atoms with Gasteiger partial charge in [-0.05, 0) is 36.4 Å². The molecule has 0 saturated carbocycles. The number of nitrogens with one attached hydrogen (secondary N) is 1. The zero-order valence-corrected chi connectivity index (χ0v) is 15.9. The van der Waals surface area contributed by atoms with Crippen molar-refractivity contribution in [2.75, 3.05) is 0 Å². The SMILES string of the molecule is O=S(=O)(c1ccccc1)c1ccccc1.c1ccc2c(c1)[nH]c1ccccc12. The van der Waals surface area contributed by atoms with E-state index in [9.17, 15) is 8.42 Å². The van der Waals surface area contributed by atoms with E-state index < -0.39 is 9.84 Å². The molecule has 1 heterocycles. The van der Waals surface area contributed by atoms with Gasteiger partial charge in [0.15, 0.2) is 0 Å². The van der Waals surface area contributed by atoms with Crippen molar-refractivity contribution in [1.82, 2.24) is 4.98 Å². The first kappa shape index (κ1) is 18.0. The minimum atomic E-state index is -3.34. The molecule has 1 aromatic heterocycles. The standard InChI is InChI=1S/C12H9N.C12H10O2S/c1-3-7-11-9(5-1)10-6-2-4-8-12(10)13-11;13-15(14,11-7-3-1-4-8-11)12-9-5-2-6-10-12/h1-8,13H;1-10H. The number of aromatic nitrogens is 1. The van der Waals surface area contributed by atoms with E-state index in [1.807, 2.05) is 0 Å². The van der Waals surface area contributed by atoms with Crippen molar-refractivity contribution in [2.45, 2.75) is 9.79 Å². The fourth-order valence-corrected chi connectivity index (χ4v) is 4.44. The third-order valence-electron chi connectivity index (χ3n) is 4.52. The van der Waals surface area contributed by atoms with E-state index in [1.54, 1.807) is 60.7 Å². The van der Waals surface area contributed by atoms with Crippen LogP contribution in [0, 0.1) is 0 Å². The highest BCUT2D eigenvalue weighted by molar-refractivity contribution is 7.91. The molecule has 0 amide bonds. The van der Waals surface area contributed by atoms with Gasteiger partial charge in [0, 0.05) is 21.8 Å². The molecule has 4 heteroatoms. The van der Waals surface area contributed by atoms with Crippen molar-refractivity contribution in [2.24, 2.45) is 0 Å². The van der Waals surface area contributed by atoms with Crippen LogP contribution in [-0.2, 0) is 9.84 Å². The molecule has 0 radical (unpaired) electrons. The molecule has 5 aromatic rings. The average molecular weight is 385 g/mol. The first-order valence-corrected chi connectivity index (χ1v) is 10.5. The van der Waals surface area contributed by atoms with Crippen LogP contribution in [0.4, 0.5) is 0 Å². The number of rotatable bonds is 2.